The van der Waals surface area contributed by atoms with Crippen molar-refractivity contribution in [1.82, 2.24) is 15.2 Å². The number of hydrogen-bond donors (Lipinski definition) is 2. The average Bonchev–Trinajstić information content (AvgIpc) is 2.53. The van der Waals surface area contributed by atoms with Crippen molar-refractivity contribution in [3.05, 3.63) is 18.0 Å². The molecule has 0 saturated heterocycles. The van der Waals surface area contributed by atoms with Crippen LogP contribution in [0.4, 0.5) is 5.82 Å². The molecule has 0 fully saturated rings. The summed E-state index contributed by atoms with van der Waals surface area (Å²) in [7, 11) is 0. The molecule has 0 radical (unpaired) electrons. The summed E-state index contributed by atoms with van der Waals surface area (Å²) in [5.74, 6) is 0.949. The van der Waals surface area contributed by atoms with Gasteiger partial charge in [-0.15, -0.1) is 0 Å². The summed E-state index contributed by atoms with van der Waals surface area (Å²) in [4.78, 5) is 4.11. The highest BCUT2D eigenvalue weighted by Crippen LogP contribution is 2.25. The van der Waals surface area contributed by atoms with E-state index >= 15 is 0 Å². The SMILES string of the molecule is CC(C)c1cnc(N)c2[nH]ncc12. The molecule has 4 heteroatoms. The fourth-order valence-corrected chi connectivity index (χ4v) is 1.43. The molecule has 2 aromatic heterocycles. The number of nitrogen functional groups attached to an aromatic ring is 1. The molecule has 2 heterocycles. The van der Waals surface area contributed by atoms with Gasteiger partial charge in [0.05, 0.1) is 6.20 Å². The highest BCUT2D eigenvalue weighted by Gasteiger charge is 2.09. The van der Waals surface area contributed by atoms with E-state index in [4.69, 9.17) is 5.73 Å². The summed E-state index contributed by atoms with van der Waals surface area (Å²) in [6.07, 6.45) is 3.61. The Labute approximate surface area is 76.2 Å². The van der Waals surface area contributed by atoms with Crippen molar-refractivity contribution >= 4 is 16.7 Å². The number of aromatic amines is 1. The van der Waals surface area contributed by atoms with E-state index in [1.54, 1.807) is 6.20 Å². The first-order valence-corrected chi connectivity index (χ1v) is 4.27. The molecule has 0 amide bonds. The second-order valence-electron chi connectivity index (χ2n) is 3.41. The third kappa shape index (κ3) is 1.14. The Hall–Kier alpha value is -1.58. The van der Waals surface area contributed by atoms with E-state index in [1.807, 2.05) is 6.20 Å². The van der Waals surface area contributed by atoms with Gasteiger partial charge in [0.2, 0.25) is 0 Å². The van der Waals surface area contributed by atoms with E-state index in [9.17, 15) is 0 Å². The van der Waals surface area contributed by atoms with E-state index in [0.29, 0.717) is 11.7 Å². The molecule has 0 spiro atoms. The number of pyridine rings is 1. The van der Waals surface area contributed by atoms with Gasteiger partial charge >= 0.3 is 0 Å². The number of hydrogen-bond acceptors (Lipinski definition) is 3. The smallest absolute Gasteiger partial charge is 0.149 e. The molecule has 0 aromatic carbocycles. The summed E-state index contributed by atoms with van der Waals surface area (Å²) < 4.78 is 0. The van der Waals surface area contributed by atoms with Gasteiger partial charge < -0.3 is 5.73 Å². The number of nitrogens with two attached hydrogens (primary N) is 1. The van der Waals surface area contributed by atoms with Gasteiger partial charge in [-0.3, -0.25) is 5.10 Å². The molecule has 13 heavy (non-hydrogen) atoms. The Kier molecular flexibility index (Phi) is 1.69. The lowest BCUT2D eigenvalue weighted by atomic mass is 10.0. The summed E-state index contributed by atoms with van der Waals surface area (Å²) in [6.45, 7) is 4.25. The molecule has 0 aliphatic heterocycles. The topological polar surface area (TPSA) is 67.6 Å². The molecule has 0 unspecified atom stereocenters. The quantitative estimate of drug-likeness (QED) is 0.694. The molecule has 68 valence electrons. The van der Waals surface area contributed by atoms with Gasteiger partial charge in [-0.05, 0) is 11.5 Å². The third-order valence-electron chi connectivity index (χ3n) is 2.17. The summed E-state index contributed by atoms with van der Waals surface area (Å²) in [6, 6.07) is 0. The predicted octanol–water partition coefficient (Wildman–Crippen LogP) is 1.66. The fourth-order valence-electron chi connectivity index (χ4n) is 1.43. The van der Waals surface area contributed by atoms with Gasteiger partial charge in [0.25, 0.3) is 0 Å². The zero-order valence-corrected chi connectivity index (χ0v) is 7.70. The van der Waals surface area contributed by atoms with E-state index < -0.39 is 0 Å². The zero-order valence-electron chi connectivity index (χ0n) is 7.70. The van der Waals surface area contributed by atoms with Gasteiger partial charge in [-0.25, -0.2) is 4.98 Å². The first kappa shape index (κ1) is 8.04. The van der Waals surface area contributed by atoms with Gasteiger partial charge in [0.15, 0.2) is 0 Å². The average molecular weight is 176 g/mol. The molecule has 0 saturated carbocycles. The number of H-pyrrole nitrogens is 1. The van der Waals surface area contributed by atoms with Crippen LogP contribution in [-0.2, 0) is 0 Å². The maximum Gasteiger partial charge on any atom is 0.149 e. The standard InChI is InChI=1S/C9H12N4/c1-5(2)6-3-11-9(10)8-7(6)4-12-13-8/h3-5H,1-2H3,(H2,10,11)(H,12,13). The van der Waals surface area contributed by atoms with Gasteiger partial charge in [-0.2, -0.15) is 5.10 Å². The molecule has 0 atom stereocenters. The van der Waals surface area contributed by atoms with Crippen molar-refractivity contribution in [1.29, 1.82) is 0 Å². The van der Waals surface area contributed by atoms with Gasteiger partial charge in [-0.1, -0.05) is 13.8 Å². The second-order valence-corrected chi connectivity index (χ2v) is 3.41. The number of aromatic nitrogens is 3. The van der Waals surface area contributed by atoms with Crippen LogP contribution >= 0.6 is 0 Å². The molecule has 2 rings (SSSR count). The predicted molar refractivity (Wildman–Crippen MR) is 52.4 cm³/mol. The summed E-state index contributed by atoms with van der Waals surface area (Å²) >= 11 is 0. The van der Waals surface area contributed by atoms with Crippen LogP contribution in [-0.4, -0.2) is 15.2 Å². The number of anilines is 1. The summed E-state index contributed by atoms with van der Waals surface area (Å²) in [5, 5.41) is 7.88. The first-order chi connectivity index (χ1) is 6.20. The lowest BCUT2D eigenvalue weighted by molar-refractivity contribution is 0.869. The van der Waals surface area contributed by atoms with E-state index in [1.165, 1.54) is 5.56 Å². The van der Waals surface area contributed by atoms with Crippen LogP contribution in [0.1, 0.15) is 25.3 Å². The van der Waals surface area contributed by atoms with Crippen LogP contribution in [0.2, 0.25) is 0 Å². The number of rotatable bonds is 1. The van der Waals surface area contributed by atoms with Crippen molar-refractivity contribution in [2.24, 2.45) is 0 Å². The molecular weight excluding hydrogens is 164 g/mol. The molecule has 0 bridgehead atoms. The van der Waals surface area contributed by atoms with Crippen LogP contribution in [0.15, 0.2) is 12.4 Å². The molecule has 2 aromatic rings. The number of nitrogens with one attached hydrogen (secondary N) is 1. The number of fused-ring (bicyclic) bond motifs is 1. The maximum absolute atomic E-state index is 5.69. The molecular formula is C9H12N4. The largest absolute Gasteiger partial charge is 0.382 e. The Morgan fingerprint density at radius 3 is 2.85 bits per heavy atom. The van der Waals surface area contributed by atoms with Crippen molar-refractivity contribution in [3.8, 4) is 0 Å². The molecule has 0 aliphatic carbocycles. The summed E-state index contributed by atoms with van der Waals surface area (Å²) in [5.41, 5.74) is 7.71. The molecule has 0 aliphatic rings. The van der Waals surface area contributed by atoms with Gasteiger partial charge in [0, 0.05) is 11.6 Å². The Balaban J connectivity index is 2.78. The monoisotopic (exact) mass is 176 g/mol. The minimum Gasteiger partial charge on any atom is -0.382 e. The van der Waals surface area contributed by atoms with Crippen LogP contribution in [0, 0.1) is 0 Å². The van der Waals surface area contributed by atoms with E-state index in [2.05, 4.69) is 29.0 Å². The van der Waals surface area contributed by atoms with Crippen LogP contribution in [0.3, 0.4) is 0 Å². The fraction of sp³-hybridized carbons (Fsp3) is 0.333. The lowest BCUT2D eigenvalue weighted by Gasteiger charge is -2.06. The zero-order chi connectivity index (χ0) is 9.42. The third-order valence-corrected chi connectivity index (χ3v) is 2.17. The number of nitrogens with zero attached hydrogens (tertiary/aromatic N) is 2. The van der Waals surface area contributed by atoms with Crippen LogP contribution < -0.4 is 5.73 Å². The van der Waals surface area contributed by atoms with Crippen LogP contribution in [0.25, 0.3) is 10.9 Å². The van der Waals surface area contributed by atoms with Crippen molar-refractivity contribution in [2.45, 2.75) is 19.8 Å². The maximum atomic E-state index is 5.69. The minimum atomic E-state index is 0.438. The molecule has 3 N–H and O–H groups in total. The van der Waals surface area contributed by atoms with Crippen molar-refractivity contribution in [3.63, 3.8) is 0 Å². The Morgan fingerprint density at radius 2 is 2.15 bits per heavy atom. The highest BCUT2D eigenvalue weighted by atomic mass is 15.1. The Bertz CT molecular complexity index is 430. The van der Waals surface area contributed by atoms with E-state index in [-0.39, 0.29) is 0 Å². The van der Waals surface area contributed by atoms with Crippen molar-refractivity contribution < 1.29 is 0 Å². The molecule has 4 nitrogen and oxygen atoms in total. The van der Waals surface area contributed by atoms with E-state index in [0.717, 1.165) is 10.9 Å². The normalized spacial score (nSPS) is 11.3. The van der Waals surface area contributed by atoms with Crippen molar-refractivity contribution in [2.75, 3.05) is 5.73 Å². The lowest BCUT2D eigenvalue weighted by Crippen LogP contribution is -1.95. The minimum absolute atomic E-state index is 0.438. The Morgan fingerprint density at radius 1 is 1.38 bits per heavy atom. The van der Waals surface area contributed by atoms with Crippen LogP contribution in [0.5, 0.6) is 0 Å². The first-order valence-electron chi connectivity index (χ1n) is 4.27. The van der Waals surface area contributed by atoms with Gasteiger partial charge in [0.1, 0.15) is 11.3 Å². The highest BCUT2D eigenvalue weighted by molar-refractivity contribution is 5.89. The second kappa shape index (κ2) is 2.73.